The molecule has 0 atom stereocenters. The molecule has 9 heteroatoms. The maximum Gasteiger partial charge on any atom is 2.00 e. The van der Waals surface area contributed by atoms with Crippen LogP contribution in [0, 0.1) is 38.1 Å². The van der Waals surface area contributed by atoms with Gasteiger partial charge in [0.05, 0.1) is 0 Å². The molecule has 0 amide bonds. The average Bonchev–Trinajstić information content (AvgIpc) is 3.65. The molecule has 0 radical (unpaired) electrons. The first-order chi connectivity index (χ1) is 31.7. The molecule has 0 saturated carbocycles. The SMILES string of the molecule is Cc1cc(-c2ccccn2)[c-]c(Oc2[c-]c3c(cc2)c2ccc(Oc4[c-]c(-c5ccccn5)cc(C)c4-c4ccc(C(C)C)cc4)[c-]c2n3-c2ncccn2)c1-c1ccc(C(C)C)cc1.[Pt+2].[Pt+2]. The Labute approximate surface area is 420 Å². The van der Waals surface area contributed by atoms with E-state index in [1.807, 2.05) is 53.1 Å². The van der Waals surface area contributed by atoms with Gasteiger partial charge >= 0.3 is 42.1 Å². The van der Waals surface area contributed by atoms with Crippen molar-refractivity contribution >= 4 is 21.8 Å². The van der Waals surface area contributed by atoms with Crippen molar-refractivity contribution in [1.82, 2.24) is 24.5 Å². The van der Waals surface area contributed by atoms with Gasteiger partial charge in [-0.05, 0) is 52.5 Å². The van der Waals surface area contributed by atoms with E-state index in [0.29, 0.717) is 40.8 Å². The molecule has 4 heterocycles. The second-order valence-corrected chi connectivity index (χ2v) is 16.9. The monoisotopic (exact) mass is 1230 g/mol. The smallest absolute Gasteiger partial charge is 0.502 e. The summed E-state index contributed by atoms with van der Waals surface area (Å²) in [5, 5.41) is 1.86. The molecule has 0 bridgehead atoms. The molecule has 0 aliphatic rings. The Morgan fingerprint density at radius 3 is 1.27 bits per heavy atom. The van der Waals surface area contributed by atoms with Gasteiger partial charge in [-0.3, -0.25) is 0 Å². The van der Waals surface area contributed by atoms with Crippen LogP contribution in [-0.2, 0) is 42.1 Å². The van der Waals surface area contributed by atoms with Gasteiger partial charge in [0.2, 0.25) is 5.95 Å². The Kier molecular flexibility index (Phi) is 14.1. The summed E-state index contributed by atoms with van der Waals surface area (Å²) in [4.78, 5) is 18.7. The molecule has 0 N–H and O–H groups in total. The Morgan fingerprint density at radius 1 is 0.463 bits per heavy atom. The van der Waals surface area contributed by atoms with E-state index in [9.17, 15) is 0 Å². The van der Waals surface area contributed by atoms with Crippen LogP contribution in [0.4, 0.5) is 0 Å². The number of ether oxygens (including phenoxy) is 2. The maximum atomic E-state index is 6.88. The molecule has 0 saturated heterocycles. The van der Waals surface area contributed by atoms with Gasteiger partial charge in [-0.15, -0.1) is 58.7 Å². The van der Waals surface area contributed by atoms with Crippen molar-refractivity contribution in [3.8, 4) is 73.7 Å². The van der Waals surface area contributed by atoms with Gasteiger partial charge in [0, 0.05) is 47.8 Å². The molecule has 0 spiro atoms. The normalized spacial score (nSPS) is 11.2. The van der Waals surface area contributed by atoms with Crippen LogP contribution in [0.5, 0.6) is 23.0 Å². The second kappa shape index (κ2) is 20.1. The fraction of sp³-hybridized carbons (Fsp3) is 0.138. The zero-order valence-corrected chi connectivity index (χ0v) is 42.3. The standard InChI is InChI=1S/C58H45N5O2.2Pt/c1-36(2)40-14-18-42(19-15-40)56-38(5)30-44(50-12-7-9-26-59-50)32-54(56)64-46-22-24-48-49-25-23-47(35-53(49)63(52(48)34-46)58-61-28-11-29-62-58)65-55-33-45(51-13-8-10-27-60-51)31-39(6)57(55)43-20-16-41(17-21-43)37(3)4;;/h7-31,36-37H,1-6H3;;/q-4;2*+2. The van der Waals surface area contributed by atoms with Gasteiger partial charge in [0.15, 0.2) is 0 Å². The van der Waals surface area contributed by atoms with Gasteiger partial charge in [-0.2, -0.15) is 22.9 Å². The zero-order valence-electron chi connectivity index (χ0n) is 37.8. The summed E-state index contributed by atoms with van der Waals surface area (Å²) in [6, 6.07) is 57.5. The average molecular weight is 1230 g/mol. The van der Waals surface area contributed by atoms with Crippen molar-refractivity contribution in [2.45, 2.75) is 53.4 Å². The number of aromatic nitrogens is 5. The van der Waals surface area contributed by atoms with Crippen LogP contribution >= 0.6 is 0 Å². The number of pyridine rings is 2. The number of hydrogen-bond donors (Lipinski definition) is 0. The van der Waals surface area contributed by atoms with Crippen LogP contribution < -0.4 is 9.47 Å². The first-order valence-corrected chi connectivity index (χ1v) is 21.9. The number of nitrogens with zero attached hydrogens (tertiary/aromatic N) is 5. The van der Waals surface area contributed by atoms with E-state index in [-0.39, 0.29) is 42.1 Å². The summed E-state index contributed by atoms with van der Waals surface area (Å²) in [6.07, 6.45) is 7.05. The molecule has 10 aromatic rings. The van der Waals surface area contributed by atoms with Gasteiger partial charge in [-0.1, -0.05) is 160 Å². The van der Waals surface area contributed by atoms with Gasteiger partial charge in [-0.25, -0.2) is 9.97 Å². The van der Waals surface area contributed by atoms with Gasteiger partial charge in [0.25, 0.3) is 0 Å². The molecule has 4 aromatic heterocycles. The van der Waals surface area contributed by atoms with E-state index in [1.54, 1.807) is 30.9 Å². The topological polar surface area (TPSA) is 75.0 Å². The van der Waals surface area contributed by atoms with Crippen LogP contribution in [0.25, 0.3) is 72.5 Å². The van der Waals surface area contributed by atoms with Crippen LogP contribution in [0.1, 0.15) is 61.8 Å². The third-order valence-electron chi connectivity index (χ3n) is 11.8. The molecule has 334 valence electrons. The van der Waals surface area contributed by atoms with Crippen LogP contribution in [0.15, 0.2) is 152 Å². The molecule has 0 aliphatic heterocycles. The van der Waals surface area contributed by atoms with Crippen LogP contribution in [0.2, 0.25) is 0 Å². The minimum atomic E-state index is 0. The summed E-state index contributed by atoms with van der Waals surface area (Å²) in [5.74, 6) is 3.46. The molecule has 67 heavy (non-hydrogen) atoms. The third-order valence-corrected chi connectivity index (χ3v) is 11.8. The molecular weight excluding hydrogens is 1190 g/mol. The van der Waals surface area contributed by atoms with E-state index in [2.05, 4.69) is 149 Å². The van der Waals surface area contributed by atoms with E-state index in [1.165, 1.54) is 11.1 Å². The third kappa shape index (κ3) is 9.54. The molecule has 0 aliphatic carbocycles. The number of aryl methyl sites for hydroxylation is 2. The minimum Gasteiger partial charge on any atom is -0.502 e. The van der Waals surface area contributed by atoms with Crippen molar-refractivity contribution < 1.29 is 51.6 Å². The predicted molar refractivity (Wildman–Crippen MR) is 260 cm³/mol. The number of rotatable bonds is 11. The van der Waals surface area contributed by atoms with Crippen molar-refractivity contribution in [2.75, 3.05) is 0 Å². The molecule has 6 aromatic carbocycles. The maximum absolute atomic E-state index is 6.88. The number of hydrogen-bond acceptors (Lipinski definition) is 6. The Bertz CT molecular complexity index is 3120. The quantitative estimate of drug-likeness (QED) is 0.120. The van der Waals surface area contributed by atoms with E-state index < -0.39 is 0 Å². The summed E-state index contributed by atoms with van der Waals surface area (Å²) in [6.45, 7) is 13.0. The Hall–Kier alpha value is -6.52. The van der Waals surface area contributed by atoms with Crippen molar-refractivity contribution in [3.05, 3.63) is 199 Å². The fourth-order valence-electron chi connectivity index (χ4n) is 8.41. The molecule has 0 fully saturated rings. The summed E-state index contributed by atoms with van der Waals surface area (Å²) >= 11 is 0. The number of benzene rings is 6. The van der Waals surface area contributed by atoms with Crippen LogP contribution in [-0.4, -0.2) is 24.5 Å². The number of fused-ring (bicyclic) bond motifs is 3. The van der Waals surface area contributed by atoms with E-state index in [4.69, 9.17) is 19.4 Å². The minimum absolute atomic E-state index is 0. The first-order valence-electron chi connectivity index (χ1n) is 21.9. The summed E-state index contributed by atoms with van der Waals surface area (Å²) in [7, 11) is 0. The van der Waals surface area contributed by atoms with Crippen LogP contribution in [0.3, 0.4) is 0 Å². The summed E-state index contributed by atoms with van der Waals surface area (Å²) in [5.41, 5.74) is 13.3. The fourth-order valence-corrected chi connectivity index (χ4v) is 8.41. The van der Waals surface area contributed by atoms with E-state index in [0.717, 1.165) is 77.7 Å². The Balaban J connectivity index is 0.00000304. The summed E-state index contributed by atoms with van der Waals surface area (Å²) < 4.78 is 15.7. The van der Waals surface area contributed by atoms with Gasteiger partial charge < -0.3 is 24.0 Å². The zero-order chi connectivity index (χ0) is 44.6. The van der Waals surface area contributed by atoms with Crippen molar-refractivity contribution in [1.29, 1.82) is 0 Å². The Morgan fingerprint density at radius 2 is 0.881 bits per heavy atom. The van der Waals surface area contributed by atoms with E-state index >= 15 is 0 Å². The van der Waals surface area contributed by atoms with Crippen molar-refractivity contribution in [3.63, 3.8) is 0 Å². The second-order valence-electron chi connectivity index (χ2n) is 16.9. The van der Waals surface area contributed by atoms with Crippen molar-refractivity contribution in [2.24, 2.45) is 0 Å². The molecular formula is C58H45N5O2Pt2. The first kappa shape index (κ1) is 47.0. The molecule has 0 unspecified atom stereocenters. The molecule has 10 rings (SSSR count). The predicted octanol–water partition coefficient (Wildman–Crippen LogP) is 14.7. The van der Waals surface area contributed by atoms with Gasteiger partial charge in [0.1, 0.15) is 0 Å². The largest absolute Gasteiger partial charge is 2.00 e. The molecule has 7 nitrogen and oxygen atoms in total.